The van der Waals surface area contributed by atoms with E-state index >= 15 is 0 Å². The predicted octanol–water partition coefficient (Wildman–Crippen LogP) is 2.65. The molecule has 0 spiro atoms. The van der Waals surface area contributed by atoms with Crippen LogP contribution in [0.3, 0.4) is 0 Å². The summed E-state index contributed by atoms with van der Waals surface area (Å²) in [6, 6.07) is 3.56. The number of hydrogen-bond donors (Lipinski definition) is 0. The van der Waals surface area contributed by atoms with E-state index in [-0.39, 0.29) is 6.04 Å². The van der Waals surface area contributed by atoms with Crippen molar-refractivity contribution in [3.05, 3.63) is 35.6 Å². The topological polar surface area (TPSA) is 17.5 Å². The molecule has 0 aliphatic rings. The van der Waals surface area contributed by atoms with E-state index in [2.05, 4.69) is 4.85 Å². The van der Waals surface area contributed by atoms with Crippen molar-refractivity contribution in [2.24, 2.45) is 0 Å². The van der Waals surface area contributed by atoms with Crippen LogP contribution in [-0.2, 0) is 0 Å². The Balaban J connectivity index is 2.76. The minimum atomic E-state index is -0.0880. The molecule has 1 aromatic heterocycles. The van der Waals surface area contributed by atoms with Crippen molar-refractivity contribution in [2.45, 2.75) is 19.4 Å². The predicted molar refractivity (Wildman–Crippen MR) is 38.3 cm³/mol. The first-order chi connectivity index (χ1) is 4.88. The summed E-state index contributed by atoms with van der Waals surface area (Å²) in [6.07, 6.45) is 2.42. The van der Waals surface area contributed by atoms with Gasteiger partial charge < -0.3 is 9.26 Å². The molecule has 52 valence electrons. The Morgan fingerprint density at radius 2 is 2.60 bits per heavy atom. The van der Waals surface area contributed by atoms with Gasteiger partial charge in [-0.1, -0.05) is 6.92 Å². The highest BCUT2D eigenvalue weighted by Gasteiger charge is 2.14. The molecule has 0 saturated heterocycles. The molecular formula is C8H9NO. The molecule has 0 aliphatic carbocycles. The van der Waals surface area contributed by atoms with Gasteiger partial charge in [0.2, 0.25) is 0 Å². The van der Waals surface area contributed by atoms with Crippen LogP contribution in [0.25, 0.3) is 4.85 Å². The highest BCUT2D eigenvalue weighted by atomic mass is 16.3. The van der Waals surface area contributed by atoms with Gasteiger partial charge in [0.15, 0.2) is 5.76 Å². The van der Waals surface area contributed by atoms with Crippen LogP contribution in [0.1, 0.15) is 25.1 Å². The zero-order valence-corrected chi connectivity index (χ0v) is 5.87. The second-order valence-corrected chi connectivity index (χ2v) is 2.07. The fraction of sp³-hybridized carbons (Fsp3) is 0.375. The Bertz CT molecular complexity index is 220. The van der Waals surface area contributed by atoms with Crippen LogP contribution in [0.4, 0.5) is 0 Å². The lowest BCUT2D eigenvalue weighted by Gasteiger charge is -1.94. The lowest BCUT2D eigenvalue weighted by atomic mass is 10.2. The first-order valence-electron chi connectivity index (χ1n) is 3.28. The molecule has 2 heteroatoms. The average molecular weight is 135 g/mol. The highest BCUT2D eigenvalue weighted by molar-refractivity contribution is 5.07. The van der Waals surface area contributed by atoms with Gasteiger partial charge in [-0.05, 0) is 12.1 Å². The third-order valence-electron chi connectivity index (χ3n) is 1.41. The second-order valence-electron chi connectivity index (χ2n) is 2.07. The van der Waals surface area contributed by atoms with Crippen molar-refractivity contribution >= 4 is 0 Å². The molecule has 0 aliphatic heterocycles. The lowest BCUT2D eigenvalue weighted by molar-refractivity contribution is 0.484. The van der Waals surface area contributed by atoms with Crippen molar-refractivity contribution in [3.63, 3.8) is 0 Å². The van der Waals surface area contributed by atoms with E-state index in [9.17, 15) is 0 Å². The van der Waals surface area contributed by atoms with Crippen molar-refractivity contribution in [1.82, 2.24) is 0 Å². The third-order valence-corrected chi connectivity index (χ3v) is 1.41. The summed E-state index contributed by atoms with van der Waals surface area (Å²) in [5.41, 5.74) is 0. The number of nitrogens with zero attached hydrogens (tertiary/aromatic N) is 1. The maximum Gasteiger partial charge on any atom is 0.279 e. The molecule has 0 bridgehead atoms. The molecule has 0 saturated carbocycles. The van der Waals surface area contributed by atoms with Gasteiger partial charge in [0.05, 0.1) is 6.26 Å². The minimum absolute atomic E-state index is 0.0880. The van der Waals surface area contributed by atoms with Crippen LogP contribution in [0, 0.1) is 6.57 Å². The molecule has 2 nitrogen and oxygen atoms in total. The van der Waals surface area contributed by atoms with Gasteiger partial charge in [-0.3, -0.25) is 0 Å². The van der Waals surface area contributed by atoms with Crippen LogP contribution in [0.5, 0.6) is 0 Å². The summed E-state index contributed by atoms with van der Waals surface area (Å²) in [5.74, 6) is 0.775. The summed E-state index contributed by atoms with van der Waals surface area (Å²) < 4.78 is 5.06. The minimum Gasteiger partial charge on any atom is -0.461 e. The Morgan fingerprint density at radius 1 is 1.80 bits per heavy atom. The zero-order valence-electron chi connectivity index (χ0n) is 5.87. The molecule has 1 atom stereocenters. The molecule has 10 heavy (non-hydrogen) atoms. The normalized spacial score (nSPS) is 12.4. The van der Waals surface area contributed by atoms with E-state index in [0.717, 1.165) is 12.2 Å². The van der Waals surface area contributed by atoms with E-state index in [4.69, 9.17) is 11.0 Å². The molecule has 0 aromatic carbocycles. The third kappa shape index (κ3) is 1.19. The summed E-state index contributed by atoms with van der Waals surface area (Å²) in [4.78, 5) is 3.41. The summed E-state index contributed by atoms with van der Waals surface area (Å²) in [5, 5.41) is 0. The zero-order chi connectivity index (χ0) is 7.40. The van der Waals surface area contributed by atoms with Gasteiger partial charge in [0.1, 0.15) is 0 Å². The lowest BCUT2D eigenvalue weighted by Crippen LogP contribution is -1.86. The Kier molecular flexibility index (Phi) is 2.11. The molecular weight excluding hydrogens is 126 g/mol. The van der Waals surface area contributed by atoms with Gasteiger partial charge >= 0.3 is 0 Å². The van der Waals surface area contributed by atoms with E-state index in [1.165, 1.54) is 0 Å². The maximum absolute atomic E-state index is 6.80. The van der Waals surface area contributed by atoms with Crippen molar-refractivity contribution in [1.29, 1.82) is 0 Å². The molecule has 1 aromatic rings. The smallest absolute Gasteiger partial charge is 0.279 e. The van der Waals surface area contributed by atoms with E-state index in [0.29, 0.717) is 0 Å². The van der Waals surface area contributed by atoms with E-state index in [1.807, 2.05) is 19.1 Å². The van der Waals surface area contributed by atoms with Crippen LogP contribution < -0.4 is 0 Å². The van der Waals surface area contributed by atoms with E-state index < -0.39 is 0 Å². The fourth-order valence-corrected chi connectivity index (χ4v) is 0.837. The SMILES string of the molecule is [C-]#[N+]C(CC)c1ccco1. The monoisotopic (exact) mass is 135 g/mol. The van der Waals surface area contributed by atoms with Crippen LogP contribution >= 0.6 is 0 Å². The van der Waals surface area contributed by atoms with Crippen LogP contribution in [0.2, 0.25) is 0 Å². The van der Waals surface area contributed by atoms with Gasteiger partial charge in [0.25, 0.3) is 6.04 Å². The van der Waals surface area contributed by atoms with Crippen molar-refractivity contribution in [3.8, 4) is 0 Å². The van der Waals surface area contributed by atoms with Crippen molar-refractivity contribution < 1.29 is 4.42 Å². The van der Waals surface area contributed by atoms with Crippen molar-refractivity contribution in [2.75, 3.05) is 0 Å². The Morgan fingerprint density at radius 3 is 3.00 bits per heavy atom. The number of rotatable bonds is 2. The van der Waals surface area contributed by atoms with Gasteiger partial charge in [-0.2, -0.15) is 0 Å². The molecule has 0 radical (unpaired) electrons. The Labute approximate surface area is 60.3 Å². The Hall–Kier alpha value is -1.23. The molecule has 1 heterocycles. The molecule has 0 fully saturated rings. The molecule has 1 rings (SSSR count). The summed E-state index contributed by atoms with van der Waals surface area (Å²) in [7, 11) is 0. The van der Waals surface area contributed by atoms with Gasteiger partial charge in [-0.15, -0.1) is 0 Å². The van der Waals surface area contributed by atoms with Crippen LogP contribution in [-0.4, -0.2) is 0 Å². The fourth-order valence-electron chi connectivity index (χ4n) is 0.837. The summed E-state index contributed by atoms with van der Waals surface area (Å²) in [6.45, 7) is 8.78. The first-order valence-corrected chi connectivity index (χ1v) is 3.28. The maximum atomic E-state index is 6.80. The molecule has 1 unspecified atom stereocenters. The average Bonchev–Trinajstić information content (AvgIpc) is 2.43. The number of furan rings is 1. The van der Waals surface area contributed by atoms with E-state index in [1.54, 1.807) is 6.26 Å². The van der Waals surface area contributed by atoms with Gasteiger partial charge in [-0.25, -0.2) is 6.57 Å². The molecule has 0 N–H and O–H groups in total. The summed E-state index contributed by atoms with van der Waals surface area (Å²) >= 11 is 0. The standard InChI is InChI=1S/C8H9NO/c1-3-7(9-2)8-5-4-6-10-8/h4-7H,3H2,1H3. The largest absolute Gasteiger partial charge is 0.461 e. The van der Waals surface area contributed by atoms with Gasteiger partial charge in [0, 0.05) is 6.42 Å². The second kappa shape index (κ2) is 3.07. The molecule has 0 amide bonds. The number of hydrogen-bond acceptors (Lipinski definition) is 1. The first kappa shape index (κ1) is 6.88. The van der Waals surface area contributed by atoms with Crippen LogP contribution in [0.15, 0.2) is 22.8 Å². The highest BCUT2D eigenvalue weighted by Crippen LogP contribution is 2.20. The quantitative estimate of drug-likeness (QED) is 0.570.